The highest BCUT2D eigenvalue weighted by molar-refractivity contribution is 5.69. The number of aliphatic hydroxyl groups is 1. The quantitative estimate of drug-likeness (QED) is 0.699. The summed E-state index contributed by atoms with van der Waals surface area (Å²) in [6.45, 7) is 0.369. The fourth-order valence-corrected chi connectivity index (χ4v) is 1.18. The van der Waals surface area contributed by atoms with Crippen LogP contribution in [0.4, 0.5) is 5.82 Å². The normalized spacial score (nSPS) is 11.9. The van der Waals surface area contributed by atoms with Crippen molar-refractivity contribution in [2.24, 2.45) is 0 Å². The molecule has 5 nitrogen and oxygen atoms in total. The zero-order valence-electron chi connectivity index (χ0n) is 9.22. The maximum atomic E-state index is 10.8. The SMILES string of the molecule is COC(=O)CCC(O)CNc1ccccn1. The Labute approximate surface area is 94.5 Å². The maximum Gasteiger partial charge on any atom is 0.305 e. The second kappa shape index (κ2) is 6.79. The number of carbonyl (C=O) groups is 1. The lowest BCUT2D eigenvalue weighted by molar-refractivity contribution is -0.141. The second-order valence-corrected chi connectivity index (χ2v) is 3.36. The average Bonchev–Trinajstić information content (AvgIpc) is 2.34. The van der Waals surface area contributed by atoms with E-state index in [2.05, 4.69) is 15.0 Å². The highest BCUT2D eigenvalue weighted by Gasteiger charge is 2.08. The van der Waals surface area contributed by atoms with Crippen molar-refractivity contribution in [3.63, 3.8) is 0 Å². The van der Waals surface area contributed by atoms with Crippen LogP contribution < -0.4 is 5.32 Å². The fourth-order valence-electron chi connectivity index (χ4n) is 1.18. The van der Waals surface area contributed by atoms with E-state index < -0.39 is 6.10 Å². The highest BCUT2D eigenvalue weighted by Crippen LogP contribution is 2.03. The van der Waals surface area contributed by atoms with Gasteiger partial charge in [-0.3, -0.25) is 4.79 Å². The van der Waals surface area contributed by atoms with E-state index in [4.69, 9.17) is 0 Å². The first-order valence-electron chi connectivity index (χ1n) is 5.12. The maximum absolute atomic E-state index is 10.8. The smallest absolute Gasteiger partial charge is 0.305 e. The highest BCUT2D eigenvalue weighted by atomic mass is 16.5. The molecule has 0 aromatic carbocycles. The van der Waals surface area contributed by atoms with Crippen LogP contribution in [0.15, 0.2) is 24.4 Å². The number of nitrogens with zero attached hydrogens (tertiary/aromatic N) is 1. The van der Waals surface area contributed by atoms with Crippen LogP contribution in [-0.4, -0.2) is 35.8 Å². The lowest BCUT2D eigenvalue weighted by Crippen LogP contribution is -2.21. The van der Waals surface area contributed by atoms with E-state index >= 15 is 0 Å². The topological polar surface area (TPSA) is 71.5 Å². The number of ether oxygens (including phenoxy) is 1. The van der Waals surface area contributed by atoms with Gasteiger partial charge in [0.05, 0.1) is 13.2 Å². The average molecular weight is 224 g/mol. The molecule has 0 amide bonds. The summed E-state index contributed by atoms with van der Waals surface area (Å²) in [6.07, 6.45) is 1.69. The summed E-state index contributed by atoms with van der Waals surface area (Å²) in [7, 11) is 1.33. The van der Waals surface area contributed by atoms with Gasteiger partial charge in [0.15, 0.2) is 0 Å². The lowest BCUT2D eigenvalue weighted by Gasteiger charge is -2.11. The Hall–Kier alpha value is -1.62. The molecule has 1 rings (SSSR count). The molecule has 0 fully saturated rings. The van der Waals surface area contributed by atoms with Crippen LogP contribution in [0.25, 0.3) is 0 Å². The molecule has 0 spiro atoms. The number of nitrogens with one attached hydrogen (secondary N) is 1. The van der Waals surface area contributed by atoms with Crippen molar-refractivity contribution in [3.8, 4) is 0 Å². The van der Waals surface area contributed by atoms with Gasteiger partial charge in [-0.2, -0.15) is 0 Å². The summed E-state index contributed by atoms with van der Waals surface area (Å²) >= 11 is 0. The zero-order chi connectivity index (χ0) is 11.8. The number of methoxy groups -OCH3 is 1. The number of rotatable bonds is 6. The lowest BCUT2D eigenvalue weighted by atomic mass is 10.2. The second-order valence-electron chi connectivity index (χ2n) is 3.36. The number of aromatic nitrogens is 1. The predicted molar refractivity (Wildman–Crippen MR) is 60.0 cm³/mol. The van der Waals surface area contributed by atoms with Crippen molar-refractivity contribution >= 4 is 11.8 Å². The third-order valence-electron chi connectivity index (χ3n) is 2.09. The molecule has 0 aliphatic heterocycles. The zero-order valence-corrected chi connectivity index (χ0v) is 9.22. The molecule has 2 N–H and O–H groups in total. The summed E-state index contributed by atoms with van der Waals surface area (Å²) in [5, 5.41) is 12.5. The van der Waals surface area contributed by atoms with Crippen molar-refractivity contribution in [3.05, 3.63) is 24.4 Å². The summed E-state index contributed by atoms with van der Waals surface area (Å²) in [6, 6.07) is 5.49. The molecule has 16 heavy (non-hydrogen) atoms. The Morgan fingerprint density at radius 3 is 3.06 bits per heavy atom. The van der Waals surface area contributed by atoms with Crippen LogP contribution in [-0.2, 0) is 9.53 Å². The van der Waals surface area contributed by atoms with Crippen molar-refractivity contribution in [1.82, 2.24) is 4.98 Å². The summed E-state index contributed by atoms with van der Waals surface area (Å²) in [4.78, 5) is 14.9. The summed E-state index contributed by atoms with van der Waals surface area (Å²) in [5.74, 6) is 0.400. The third kappa shape index (κ3) is 4.75. The Morgan fingerprint density at radius 1 is 1.62 bits per heavy atom. The van der Waals surface area contributed by atoms with Crippen molar-refractivity contribution < 1.29 is 14.6 Å². The Kier molecular flexibility index (Phi) is 5.28. The molecule has 1 aromatic rings. The number of hydrogen-bond donors (Lipinski definition) is 2. The van der Waals surface area contributed by atoms with Gasteiger partial charge in [-0.15, -0.1) is 0 Å². The van der Waals surface area contributed by atoms with Crippen molar-refractivity contribution in [2.45, 2.75) is 18.9 Å². The van der Waals surface area contributed by atoms with Gasteiger partial charge in [-0.1, -0.05) is 6.07 Å². The summed E-state index contributed by atoms with van der Waals surface area (Å²) < 4.78 is 4.48. The molecule has 88 valence electrons. The number of carbonyl (C=O) groups excluding carboxylic acids is 1. The molecule has 1 atom stereocenters. The molecular weight excluding hydrogens is 208 g/mol. The third-order valence-corrected chi connectivity index (χ3v) is 2.09. The van der Waals surface area contributed by atoms with Crippen LogP contribution in [0.5, 0.6) is 0 Å². The van der Waals surface area contributed by atoms with Crippen LogP contribution in [0.3, 0.4) is 0 Å². The Morgan fingerprint density at radius 2 is 2.44 bits per heavy atom. The molecule has 0 saturated heterocycles. The summed E-state index contributed by atoms with van der Waals surface area (Å²) in [5.41, 5.74) is 0. The van der Waals surface area contributed by atoms with Gasteiger partial charge in [-0.25, -0.2) is 4.98 Å². The first-order chi connectivity index (χ1) is 7.72. The minimum atomic E-state index is -0.582. The van der Waals surface area contributed by atoms with Gasteiger partial charge in [0, 0.05) is 19.2 Å². The van der Waals surface area contributed by atoms with E-state index in [0.717, 1.165) is 0 Å². The van der Waals surface area contributed by atoms with Gasteiger partial charge >= 0.3 is 5.97 Å². The first-order valence-corrected chi connectivity index (χ1v) is 5.12. The molecule has 0 radical (unpaired) electrons. The number of hydrogen-bond acceptors (Lipinski definition) is 5. The van der Waals surface area contributed by atoms with E-state index in [1.807, 2.05) is 18.2 Å². The number of anilines is 1. The van der Waals surface area contributed by atoms with Crippen LogP contribution in [0, 0.1) is 0 Å². The molecule has 1 aromatic heterocycles. The van der Waals surface area contributed by atoms with E-state index in [0.29, 0.717) is 18.8 Å². The van der Waals surface area contributed by atoms with E-state index in [1.165, 1.54) is 7.11 Å². The van der Waals surface area contributed by atoms with Crippen molar-refractivity contribution in [1.29, 1.82) is 0 Å². The van der Waals surface area contributed by atoms with E-state index in [9.17, 15) is 9.90 Å². The van der Waals surface area contributed by atoms with Gasteiger partial charge < -0.3 is 15.2 Å². The molecule has 0 bridgehead atoms. The van der Waals surface area contributed by atoms with Crippen LogP contribution >= 0.6 is 0 Å². The van der Waals surface area contributed by atoms with Gasteiger partial charge in [0.2, 0.25) is 0 Å². The van der Waals surface area contributed by atoms with Crippen LogP contribution in [0.1, 0.15) is 12.8 Å². The number of esters is 1. The minimum Gasteiger partial charge on any atom is -0.469 e. The number of aliphatic hydroxyl groups excluding tert-OH is 1. The molecule has 0 saturated carbocycles. The van der Waals surface area contributed by atoms with Gasteiger partial charge in [-0.05, 0) is 18.6 Å². The Bertz CT molecular complexity index is 316. The van der Waals surface area contributed by atoms with Gasteiger partial charge in [0.1, 0.15) is 5.82 Å². The predicted octanol–water partition coefficient (Wildman–Crippen LogP) is 0.808. The largest absolute Gasteiger partial charge is 0.469 e. The monoisotopic (exact) mass is 224 g/mol. The number of pyridine rings is 1. The molecule has 5 heteroatoms. The van der Waals surface area contributed by atoms with E-state index in [1.54, 1.807) is 6.20 Å². The molecular formula is C11H16N2O3. The van der Waals surface area contributed by atoms with Crippen LogP contribution in [0.2, 0.25) is 0 Å². The fraction of sp³-hybridized carbons (Fsp3) is 0.455. The Balaban J connectivity index is 2.20. The van der Waals surface area contributed by atoms with Crippen molar-refractivity contribution in [2.75, 3.05) is 19.0 Å². The minimum absolute atomic E-state index is 0.224. The molecule has 0 aliphatic carbocycles. The first kappa shape index (κ1) is 12.4. The van der Waals surface area contributed by atoms with Gasteiger partial charge in [0.25, 0.3) is 0 Å². The molecule has 1 heterocycles. The molecule has 1 unspecified atom stereocenters. The molecule has 0 aliphatic rings. The van der Waals surface area contributed by atoms with E-state index in [-0.39, 0.29) is 12.4 Å². The standard InChI is InChI=1S/C11H16N2O3/c1-16-11(15)6-5-9(14)8-13-10-4-2-3-7-12-10/h2-4,7,9,14H,5-6,8H2,1H3,(H,12,13).